The van der Waals surface area contributed by atoms with Crippen molar-refractivity contribution in [2.24, 2.45) is 0 Å². The van der Waals surface area contributed by atoms with Crippen molar-refractivity contribution in [3.63, 3.8) is 0 Å². The summed E-state index contributed by atoms with van der Waals surface area (Å²) in [5.74, 6) is -0.248. The molecule has 3 heterocycles. The normalized spacial score (nSPS) is 32.9. The van der Waals surface area contributed by atoms with Crippen LogP contribution in [0.15, 0.2) is 18.5 Å². The lowest BCUT2D eigenvalue weighted by Crippen LogP contribution is -2.42. The van der Waals surface area contributed by atoms with E-state index in [2.05, 4.69) is 9.88 Å². The number of nitrogens with zero attached hydrogens (tertiary/aromatic N) is 2. The number of piperidine rings is 1. The van der Waals surface area contributed by atoms with Gasteiger partial charge < -0.3 is 0 Å². The summed E-state index contributed by atoms with van der Waals surface area (Å²) >= 11 is 6.24. The first-order valence-electron chi connectivity index (χ1n) is 6.21. The van der Waals surface area contributed by atoms with Crippen molar-refractivity contribution in [2.45, 2.75) is 49.7 Å². The number of fused-ring (bicyclic) bond motifs is 2. The average molecular weight is 255 g/mol. The number of halogens is 2. The van der Waals surface area contributed by atoms with E-state index < -0.39 is 0 Å². The van der Waals surface area contributed by atoms with E-state index in [0.717, 1.165) is 24.9 Å². The second kappa shape index (κ2) is 4.54. The van der Waals surface area contributed by atoms with Crippen LogP contribution in [0.4, 0.5) is 4.39 Å². The lowest BCUT2D eigenvalue weighted by atomic mass is 10.0. The maximum Gasteiger partial charge on any atom is 0.141 e. The summed E-state index contributed by atoms with van der Waals surface area (Å²) < 4.78 is 13.1. The zero-order valence-corrected chi connectivity index (χ0v) is 10.4. The van der Waals surface area contributed by atoms with E-state index in [0.29, 0.717) is 17.5 Å². The first kappa shape index (κ1) is 11.4. The minimum atomic E-state index is -0.248. The quantitative estimate of drug-likeness (QED) is 0.755. The highest BCUT2D eigenvalue weighted by Gasteiger charge is 2.39. The molecule has 0 radical (unpaired) electrons. The van der Waals surface area contributed by atoms with Crippen molar-refractivity contribution in [1.82, 2.24) is 9.88 Å². The summed E-state index contributed by atoms with van der Waals surface area (Å²) in [7, 11) is 0. The van der Waals surface area contributed by atoms with Crippen molar-refractivity contribution < 1.29 is 4.39 Å². The van der Waals surface area contributed by atoms with Crippen LogP contribution in [0.25, 0.3) is 0 Å². The molecule has 2 aliphatic heterocycles. The maximum atomic E-state index is 13.1. The molecule has 2 aliphatic rings. The molecular formula is C13H16ClFN2. The molecular weight excluding hydrogens is 239 g/mol. The highest BCUT2D eigenvalue weighted by molar-refractivity contribution is 6.20. The molecule has 4 heteroatoms. The largest absolute Gasteiger partial charge is 0.293 e. The first-order valence-corrected chi connectivity index (χ1v) is 6.65. The van der Waals surface area contributed by atoms with Crippen molar-refractivity contribution in [3.8, 4) is 0 Å². The summed E-state index contributed by atoms with van der Waals surface area (Å²) in [6.07, 6.45) is 7.62. The molecule has 1 aromatic rings. The summed E-state index contributed by atoms with van der Waals surface area (Å²) in [6.45, 7) is 0.809. The Morgan fingerprint density at radius 3 is 2.65 bits per heavy atom. The molecule has 3 rings (SSSR count). The predicted octanol–water partition coefficient (Wildman–Crippen LogP) is 2.95. The van der Waals surface area contributed by atoms with Crippen molar-refractivity contribution in [3.05, 3.63) is 29.8 Å². The van der Waals surface area contributed by atoms with Gasteiger partial charge in [0.1, 0.15) is 5.82 Å². The molecule has 2 bridgehead atoms. The number of hydrogen-bond acceptors (Lipinski definition) is 2. The molecule has 92 valence electrons. The molecule has 2 atom stereocenters. The van der Waals surface area contributed by atoms with Gasteiger partial charge in [0.05, 0.1) is 6.20 Å². The Bertz CT molecular complexity index is 398. The van der Waals surface area contributed by atoms with Gasteiger partial charge in [0, 0.05) is 30.2 Å². The first-order chi connectivity index (χ1) is 8.22. The zero-order chi connectivity index (χ0) is 11.8. The summed E-state index contributed by atoms with van der Waals surface area (Å²) in [5.41, 5.74) is 0.968. The molecule has 2 unspecified atom stereocenters. The number of pyridine rings is 1. The summed E-state index contributed by atoms with van der Waals surface area (Å²) in [5, 5.41) is 0.328. The SMILES string of the molecule is Fc1cncc(CN2C3CCC2CC(Cl)C3)c1. The fourth-order valence-corrected chi connectivity index (χ4v) is 3.63. The average Bonchev–Trinajstić information content (AvgIpc) is 2.54. The van der Waals surface area contributed by atoms with Gasteiger partial charge in [-0.05, 0) is 37.3 Å². The molecule has 0 aromatic carbocycles. The number of alkyl halides is 1. The predicted molar refractivity (Wildman–Crippen MR) is 65.4 cm³/mol. The third-order valence-electron chi connectivity index (χ3n) is 3.95. The second-order valence-corrected chi connectivity index (χ2v) is 5.75. The van der Waals surface area contributed by atoms with E-state index in [1.165, 1.54) is 19.0 Å². The van der Waals surface area contributed by atoms with Crippen LogP contribution in [0.3, 0.4) is 0 Å². The van der Waals surface area contributed by atoms with Crippen molar-refractivity contribution >= 4 is 11.6 Å². The Balaban J connectivity index is 1.74. The van der Waals surface area contributed by atoms with Crippen molar-refractivity contribution in [1.29, 1.82) is 0 Å². The molecule has 2 fully saturated rings. The highest BCUT2D eigenvalue weighted by Crippen LogP contribution is 2.38. The minimum Gasteiger partial charge on any atom is -0.293 e. The maximum absolute atomic E-state index is 13.1. The molecule has 0 aliphatic carbocycles. The van der Waals surface area contributed by atoms with Gasteiger partial charge in [-0.15, -0.1) is 11.6 Å². The Kier molecular flexibility index (Phi) is 3.05. The van der Waals surface area contributed by atoms with Crippen LogP contribution in [-0.2, 0) is 6.54 Å². The monoisotopic (exact) mass is 254 g/mol. The minimum absolute atomic E-state index is 0.248. The third-order valence-corrected chi connectivity index (χ3v) is 4.31. The van der Waals surface area contributed by atoms with E-state index >= 15 is 0 Å². The smallest absolute Gasteiger partial charge is 0.141 e. The Hall–Kier alpha value is -0.670. The fourth-order valence-electron chi connectivity index (χ4n) is 3.22. The van der Waals surface area contributed by atoms with Gasteiger partial charge in [-0.25, -0.2) is 4.39 Å². The molecule has 0 amide bonds. The van der Waals surface area contributed by atoms with E-state index in [4.69, 9.17) is 11.6 Å². The fraction of sp³-hybridized carbons (Fsp3) is 0.615. The van der Waals surface area contributed by atoms with Crippen LogP contribution in [0.1, 0.15) is 31.2 Å². The number of rotatable bonds is 2. The van der Waals surface area contributed by atoms with Gasteiger partial charge in [-0.2, -0.15) is 0 Å². The third kappa shape index (κ3) is 2.31. The van der Waals surface area contributed by atoms with Gasteiger partial charge >= 0.3 is 0 Å². The van der Waals surface area contributed by atoms with Gasteiger partial charge in [-0.3, -0.25) is 9.88 Å². The van der Waals surface area contributed by atoms with Crippen LogP contribution in [0.2, 0.25) is 0 Å². The summed E-state index contributed by atoms with van der Waals surface area (Å²) in [4.78, 5) is 6.39. The van der Waals surface area contributed by atoms with Crippen LogP contribution in [-0.4, -0.2) is 27.3 Å². The molecule has 2 nitrogen and oxygen atoms in total. The molecule has 0 N–H and O–H groups in total. The molecule has 1 aromatic heterocycles. The van der Waals surface area contributed by atoms with E-state index in [9.17, 15) is 4.39 Å². The zero-order valence-electron chi connectivity index (χ0n) is 9.65. The Labute approximate surface area is 106 Å². The standard InChI is InChI=1S/C13H16ClFN2/c14-10-4-12-1-2-13(5-10)17(12)8-9-3-11(15)7-16-6-9/h3,6-7,10,12-13H,1-2,4-5,8H2. The Morgan fingerprint density at radius 2 is 2.00 bits per heavy atom. The van der Waals surface area contributed by atoms with Crippen LogP contribution in [0.5, 0.6) is 0 Å². The highest BCUT2D eigenvalue weighted by atomic mass is 35.5. The molecule has 0 spiro atoms. The van der Waals surface area contributed by atoms with Crippen LogP contribution >= 0.6 is 11.6 Å². The van der Waals surface area contributed by atoms with Gasteiger partial charge in [-0.1, -0.05) is 0 Å². The molecule has 17 heavy (non-hydrogen) atoms. The van der Waals surface area contributed by atoms with Crippen molar-refractivity contribution in [2.75, 3.05) is 0 Å². The second-order valence-electron chi connectivity index (χ2n) is 5.14. The summed E-state index contributed by atoms with van der Waals surface area (Å²) in [6, 6.07) is 2.75. The topological polar surface area (TPSA) is 16.1 Å². The lowest BCUT2D eigenvalue weighted by molar-refractivity contribution is 0.134. The van der Waals surface area contributed by atoms with E-state index in [1.54, 1.807) is 12.3 Å². The van der Waals surface area contributed by atoms with Gasteiger partial charge in [0.2, 0.25) is 0 Å². The molecule has 0 saturated carbocycles. The number of aromatic nitrogens is 1. The number of hydrogen-bond donors (Lipinski definition) is 0. The van der Waals surface area contributed by atoms with E-state index in [1.807, 2.05) is 0 Å². The Morgan fingerprint density at radius 1 is 1.29 bits per heavy atom. The van der Waals surface area contributed by atoms with Gasteiger partial charge in [0.25, 0.3) is 0 Å². The van der Waals surface area contributed by atoms with Gasteiger partial charge in [0.15, 0.2) is 0 Å². The molecule has 2 saturated heterocycles. The lowest BCUT2D eigenvalue weighted by Gasteiger charge is -2.36. The van der Waals surface area contributed by atoms with Crippen LogP contribution in [0, 0.1) is 5.82 Å². The van der Waals surface area contributed by atoms with E-state index in [-0.39, 0.29) is 5.82 Å². The van der Waals surface area contributed by atoms with Crippen LogP contribution < -0.4 is 0 Å².